The van der Waals surface area contributed by atoms with Gasteiger partial charge in [0, 0.05) is 29.9 Å². The highest BCUT2D eigenvalue weighted by Gasteiger charge is 2.09. The van der Waals surface area contributed by atoms with Crippen LogP contribution < -0.4 is 5.73 Å². The fourth-order valence-corrected chi connectivity index (χ4v) is 1.68. The standard InChI is InChI=1S/C11H12N2O/c1-7(14)10-6-13(2)11-5-8(12)3-4-9(10)11/h3-6H,12H2,1-2H3. The van der Waals surface area contributed by atoms with Crippen molar-refractivity contribution >= 4 is 22.4 Å². The number of carbonyl (C=O) groups is 1. The molecule has 1 aromatic heterocycles. The van der Waals surface area contributed by atoms with Crippen LogP contribution in [0.25, 0.3) is 10.9 Å². The Bertz CT molecular complexity index is 511. The minimum atomic E-state index is 0.0837. The van der Waals surface area contributed by atoms with Crippen LogP contribution in [0, 0.1) is 0 Å². The average molecular weight is 188 g/mol. The van der Waals surface area contributed by atoms with Crippen molar-refractivity contribution in [1.82, 2.24) is 4.57 Å². The fraction of sp³-hybridized carbons (Fsp3) is 0.182. The number of ketones is 1. The van der Waals surface area contributed by atoms with Gasteiger partial charge in [0.15, 0.2) is 5.78 Å². The van der Waals surface area contributed by atoms with Crippen molar-refractivity contribution in [3.8, 4) is 0 Å². The first-order chi connectivity index (χ1) is 6.59. The third-order valence-electron chi connectivity index (χ3n) is 2.39. The molecule has 0 aliphatic heterocycles. The molecule has 0 bridgehead atoms. The summed E-state index contributed by atoms with van der Waals surface area (Å²) < 4.78 is 1.92. The van der Waals surface area contributed by atoms with Crippen LogP contribution in [0.2, 0.25) is 0 Å². The molecule has 0 unspecified atom stereocenters. The second-order valence-corrected chi connectivity index (χ2v) is 3.49. The van der Waals surface area contributed by atoms with Crippen molar-refractivity contribution in [2.24, 2.45) is 7.05 Å². The third kappa shape index (κ3) is 1.18. The Balaban J connectivity index is 2.84. The quantitative estimate of drug-likeness (QED) is 0.549. The number of anilines is 1. The highest BCUT2D eigenvalue weighted by Crippen LogP contribution is 2.22. The summed E-state index contributed by atoms with van der Waals surface area (Å²) in [6.07, 6.45) is 1.84. The summed E-state index contributed by atoms with van der Waals surface area (Å²) in [6.45, 7) is 1.57. The molecule has 2 rings (SSSR count). The number of nitrogens with zero attached hydrogens (tertiary/aromatic N) is 1. The summed E-state index contributed by atoms with van der Waals surface area (Å²) in [5.74, 6) is 0.0837. The van der Waals surface area contributed by atoms with Gasteiger partial charge in [-0.3, -0.25) is 4.79 Å². The van der Waals surface area contributed by atoms with Gasteiger partial charge in [-0.2, -0.15) is 0 Å². The number of Topliss-reactive ketones (excluding diaryl/α,β-unsaturated/α-hetero) is 1. The molecule has 2 N–H and O–H groups in total. The molecule has 0 atom stereocenters. The lowest BCUT2D eigenvalue weighted by Gasteiger charge is -1.97. The van der Waals surface area contributed by atoms with E-state index in [0.29, 0.717) is 5.69 Å². The van der Waals surface area contributed by atoms with Crippen molar-refractivity contribution in [1.29, 1.82) is 0 Å². The van der Waals surface area contributed by atoms with Crippen LogP contribution in [-0.2, 0) is 7.05 Å². The molecule has 1 aromatic carbocycles. The maximum atomic E-state index is 11.3. The van der Waals surface area contributed by atoms with Crippen molar-refractivity contribution in [3.63, 3.8) is 0 Å². The van der Waals surface area contributed by atoms with Crippen molar-refractivity contribution in [2.75, 3.05) is 5.73 Å². The molecule has 0 spiro atoms. The van der Waals surface area contributed by atoms with E-state index in [1.165, 1.54) is 0 Å². The largest absolute Gasteiger partial charge is 0.399 e. The van der Waals surface area contributed by atoms with E-state index in [1.807, 2.05) is 36.0 Å². The molecule has 2 aromatic rings. The SMILES string of the molecule is CC(=O)c1cn(C)c2cc(N)ccc12. The molecule has 0 radical (unpaired) electrons. The van der Waals surface area contributed by atoms with Gasteiger partial charge in [0.1, 0.15) is 0 Å². The molecule has 0 amide bonds. The molecular formula is C11H12N2O. The van der Waals surface area contributed by atoms with Crippen molar-refractivity contribution in [3.05, 3.63) is 30.0 Å². The van der Waals surface area contributed by atoms with Crippen molar-refractivity contribution in [2.45, 2.75) is 6.92 Å². The number of rotatable bonds is 1. The minimum absolute atomic E-state index is 0.0837. The number of nitrogens with two attached hydrogens (primary N) is 1. The van der Waals surface area contributed by atoms with E-state index in [-0.39, 0.29) is 5.78 Å². The number of nitrogen functional groups attached to an aromatic ring is 1. The Hall–Kier alpha value is -1.77. The zero-order valence-electron chi connectivity index (χ0n) is 8.24. The Morgan fingerprint density at radius 3 is 2.79 bits per heavy atom. The van der Waals surface area contributed by atoms with Gasteiger partial charge in [-0.15, -0.1) is 0 Å². The van der Waals surface area contributed by atoms with E-state index in [4.69, 9.17) is 5.73 Å². The summed E-state index contributed by atoms with van der Waals surface area (Å²) in [5, 5.41) is 0.967. The molecular weight excluding hydrogens is 176 g/mol. The van der Waals surface area contributed by atoms with E-state index in [0.717, 1.165) is 16.5 Å². The highest BCUT2D eigenvalue weighted by atomic mass is 16.1. The minimum Gasteiger partial charge on any atom is -0.399 e. The van der Waals surface area contributed by atoms with Gasteiger partial charge in [-0.25, -0.2) is 0 Å². The average Bonchev–Trinajstić information content (AvgIpc) is 2.44. The Morgan fingerprint density at radius 1 is 1.43 bits per heavy atom. The van der Waals surface area contributed by atoms with E-state index >= 15 is 0 Å². The maximum Gasteiger partial charge on any atom is 0.161 e. The lowest BCUT2D eigenvalue weighted by atomic mass is 10.1. The van der Waals surface area contributed by atoms with E-state index < -0.39 is 0 Å². The monoisotopic (exact) mass is 188 g/mol. The lowest BCUT2D eigenvalue weighted by molar-refractivity contribution is 0.101. The zero-order valence-corrected chi connectivity index (χ0v) is 8.24. The third-order valence-corrected chi connectivity index (χ3v) is 2.39. The Kier molecular flexibility index (Phi) is 1.81. The predicted molar refractivity (Wildman–Crippen MR) is 57.3 cm³/mol. The zero-order chi connectivity index (χ0) is 10.3. The first-order valence-corrected chi connectivity index (χ1v) is 4.45. The number of aryl methyl sites for hydroxylation is 1. The Morgan fingerprint density at radius 2 is 2.14 bits per heavy atom. The number of hydrogen-bond donors (Lipinski definition) is 1. The number of benzene rings is 1. The topological polar surface area (TPSA) is 48.0 Å². The first kappa shape index (κ1) is 8.81. The van der Waals surface area contributed by atoms with E-state index in [2.05, 4.69) is 0 Å². The van der Waals surface area contributed by atoms with Gasteiger partial charge in [0.05, 0.1) is 5.52 Å². The van der Waals surface area contributed by atoms with Crippen LogP contribution in [0.5, 0.6) is 0 Å². The van der Waals surface area contributed by atoms with Crippen LogP contribution in [0.3, 0.4) is 0 Å². The first-order valence-electron chi connectivity index (χ1n) is 4.45. The van der Waals surface area contributed by atoms with Gasteiger partial charge in [0.25, 0.3) is 0 Å². The number of fused-ring (bicyclic) bond motifs is 1. The van der Waals surface area contributed by atoms with Crippen LogP contribution in [0.1, 0.15) is 17.3 Å². The smallest absolute Gasteiger partial charge is 0.161 e. The summed E-state index contributed by atoms with van der Waals surface area (Å²) in [7, 11) is 1.91. The maximum absolute atomic E-state index is 11.3. The second-order valence-electron chi connectivity index (χ2n) is 3.49. The van der Waals surface area contributed by atoms with E-state index in [1.54, 1.807) is 6.92 Å². The molecule has 0 saturated carbocycles. The normalized spacial score (nSPS) is 10.7. The van der Waals surface area contributed by atoms with Crippen LogP contribution in [0.4, 0.5) is 5.69 Å². The second kappa shape index (κ2) is 2.87. The van der Waals surface area contributed by atoms with Gasteiger partial charge in [-0.05, 0) is 19.1 Å². The van der Waals surface area contributed by atoms with Gasteiger partial charge >= 0.3 is 0 Å². The summed E-state index contributed by atoms with van der Waals surface area (Å²) in [4.78, 5) is 11.3. The summed E-state index contributed by atoms with van der Waals surface area (Å²) >= 11 is 0. The number of carbonyl (C=O) groups excluding carboxylic acids is 1. The lowest BCUT2D eigenvalue weighted by Crippen LogP contribution is -1.89. The Labute approximate surface area is 82.1 Å². The summed E-state index contributed by atoms with van der Waals surface area (Å²) in [6, 6.07) is 5.58. The van der Waals surface area contributed by atoms with Gasteiger partial charge in [0.2, 0.25) is 0 Å². The van der Waals surface area contributed by atoms with Crippen LogP contribution in [0.15, 0.2) is 24.4 Å². The highest BCUT2D eigenvalue weighted by molar-refractivity contribution is 6.07. The number of hydrogen-bond acceptors (Lipinski definition) is 2. The van der Waals surface area contributed by atoms with Crippen LogP contribution >= 0.6 is 0 Å². The van der Waals surface area contributed by atoms with Gasteiger partial charge in [-0.1, -0.05) is 6.07 Å². The summed E-state index contributed by atoms with van der Waals surface area (Å²) in [5.41, 5.74) is 8.14. The predicted octanol–water partition coefficient (Wildman–Crippen LogP) is 1.96. The molecule has 1 heterocycles. The molecule has 3 nitrogen and oxygen atoms in total. The van der Waals surface area contributed by atoms with Crippen molar-refractivity contribution < 1.29 is 4.79 Å². The fourth-order valence-electron chi connectivity index (χ4n) is 1.68. The molecule has 0 aliphatic carbocycles. The molecule has 0 fully saturated rings. The molecule has 72 valence electrons. The number of aromatic nitrogens is 1. The molecule has 0 aliphatic rings. The molecule has 0 saturated heterocycles. The van der Waals surface area contributed by atoms with Gasteiger partial charge < -0.3 is 10.3 Å². The molecule has 14 heavy (non-hydrogen) atoms. The molecule has 3 heteroatoms. The van der Waals surface area contributed by atoms with E-state index in [9.17, 15) is 4.79 Å². The van der Waals surface area contributed by atoms with Crippen LogP contribution in [-0.4, -0.2) is 10.4 Å².